The number of rotatable bonds is 6. The molecule has 0 aliphatic rings. The van der Waals surface area contributed by atoms with Gasteiger partial charge in [-0.15, -0.1) is 11.8 Å². The summed E-state index contributed by atoms with van der Waals surface area (Å²) in [6.07, 6.45) is 5.40. The summed E-state index contributed by atoms with van der Waals surface area (Å²) in [7, 11) is 1.63. The molecule has 0 radical (unpaired) electrons. The van der Waals surface area contributed by atoms with Crippen LogP contribution in [-0.4, -0.2) is 19.3 Å². The zero-order valence-electron chi connectivity index (χ0n) is 12.7. The summed E-state index contributed by atoms with van der Waals surface area (Å²) in [5.74, 6) is 0.674. The van der Waals surface area contributed by atoms with Crippen molar-refractivity contribution in [2.75, 3.05) is 13.4 Å². The van der Waals surface area contributed by atoms with E-state index in [-0.39, 0.29) is 5.91 Å². The molecule has 2 rings (SSSR count). The highest BCUT2D eigenvalue weighted by molar-refractivity contribution is 7.98. The second-order valence-corrected chi connectivity index (χ2v) is 5.56. The Labute approximate surface area is 135 Å². The maximum Gasteiger partial charge on any atom is 0.244 e. The first-order valence-electron chi connectivity index (χ1n) is 6.94. The molecule has 0 aliphatic heterocycles. The topological polar surface area (TPSA) is 38.3 Å². The quantitative estimate of drug-likeness (QED) is 0.652. The third-order valence-electron chi connectivity index (χ3n) is 3.14. The fraction of sp³-hybridized carbons (Fsp3) is 0.167. The first-order chi connectivity index (χ1) is 10.7. The minimum atomic E-state index is -0.114. The van der Waals surface area contributed by atoms with E-state index in [1.54, 1.807) is 24.9 Å². The van der Waals surface area contributed by atoms with Gasteiger partial charge in [-0.1, -0.05) is 24.3 Å². The van der Waals surface area contributed by atoms with Crippen molar-refractivity contribution in [3.63, 3.8) is 0 Å². The molecule has 0 fully saturated rings. The number of nitrogens with one attached hydrogen (secondary N) is 1. The van der Waals surface area contributed by atoms with Crippen LogP contribution in [-0.2, 0) is 11.3 Å². The SMILES string of the molecule is COc1cccc(CNC(=O)/C=C/c2ccc(SC)cc2)c1. The molecule has 0 aliphatic carbocycles. The second kappa shape index (κ2) is 8.29. The highest BCUT2D eigenvalue weighted by atomic mass is 32.2. The van der Waals surface area contributed by atoms with Crippen LogP contribution in [0.15, 0.2) is 59.5 Å². The monoisotopic (exact) mass is 313 g/mol. The number of carbonyl (C=O) groups is 1. The van der Waals surface area contributed by atoms with Crippen LogP contribution in [0, 0.1) is 0 Å². The maximum atomic E-state index is 11.8. The Hall–Kier alpha value is -2.20. The summed E-state index contributed by atoms with van der Waals surface area (Å²) >= 11 is 1.70. The maximum absolute atomic E-state index is 11.8. The van der Waals surface area contributed by atoms with Gasteiger partial charge in [0.15, 0.2) is 0 Å². The van der Waals surface area contributed by atoms with Crippen molar-refractivity contribution in [2.45, 2.75) is 11.4 Å². The number of carbonyl (C=O) groups excluding carboxylic acids is 1. The molecule has 0 aromatic heterocycles. The van der Waals surface area contributed by atoms with Crippen molar-refractivity contribution >= 4 is 23.7 Å². The molecule has 0 atom stereocenters. The molecule has 3 nitrogen and oxygen atoms in total. The molecular weight excluding hydrogens is 294 g/mol. The predicted octanol–water partition coefficient (Wildman–Crippen LogP) is 3.75. The Balaban J connectivity index is 1.87. The fourth-order valence-corrected chi connectivity index (χ4v) is 2.33. The number of benzene rings is 2. The number of amides is 1. The third-order valence-corrected chi connectivity index (χ3v) is 3.89. The molecule has 0 bridgehead atoms. The molecule has 2 aromatic carbocycles. The summed E-state index contributed by atoms with van der Waals surface area (Å²) in [6, 6.07) is 15.7. The molecule has 0 saturated heterocycles. The molecule has 22 heavy (non-hydrogen) atoms. The predicted molar refractivity (Wildman–Crippen MR) is 92.1 cm³/mol. The van der Waals surface area contributed by atoms with Gasteiger partial charge in [-0.2, -0.15) is 0 Å². The normalized spacial score (nSPS) is 10.6. The van der Waals surface area contributed by atoms with Gasteiger partial charge in [-0.25, -0.2) is 0 Å². The van der Waals surface area contributed by atoms with Gasteiger partial charge in [0.05, 0.1) is 7.11 Å². The Morgan fingerprint density at radius 2 is 2.00 bits per heavy atom. The summed E-state index contributed by atoms with van der Waals surface area (Å²) in [4.78, 5) is 13.0. The van der Waals surface area contributed by atoms with Crippen LogP contribution in [0.25, 0.3) is 6.08 Å². The largest absolute Gasteiger partial charge is 0.497 e. The van der Waals surface area contributed by atoms with Crippen molar-refractivity contribution in [1.29, 1.82) is 0 Å². The lowest BCUT2D eigenvalue weighted by Crippen LogP contribution is -2.20. The summed E-state index contributed by atoms with van der Waals surface area (Å²) in [6.45, 7) is 0.478. The van der Waals surface area contributed by atoms with Crippen molar-refractivity contribution < 1.29 is 9.53 Å². The molecule has 0 saturated carbocycles. The lowest BCUT2D eigenvalue weighted by Gasteiger charge is -2.05. The van der Waals surface area contributed by atoms with Gasteiger partial charge in [0.2, 0.25) is 5.91 Å². The van der Waals surface area contributed by atoms with Crippen molar-refractivity contribution in [3.8, 4) is 5.75 Å². The van der Waals surface area contributed by atoms with Gasteiger partial charge in [0.25, 0.3) is 0 Å². The lowest BCUT2D eigenvalue weighted by atomic mass is 10.2. The zero-order valence-corrected chi connectivity index (χ0v) is 13.5. The van der Waals surface area contributed by atoms with E-state index < -0.39 is 0 Å². The highest BCUT2D eigenvalue weighted by Gasteiger charge is 1.99. The Morgan fingerprint density at radius 3 is 2.68 bits per heavy atom. The van der Waals surface area contributed by atoms with Crippen LogP contribution in [0.2, 0.25) is 0 Å². The molecule has 0 spiro atoms. The van der Waals surface area contributed by atoms with E-state index >= 15 is 0 Å². The Kier molecular flexibility index (Phi) is 6.10. The first kappa shape index (κ1) is 16.2. The smallest absolute Gasteiger partial charge is 0.244 e. The van der Waals surface area contributed by atoms with E-state index in [2.05, 4.69) is 5.32 Å². The fourth-order valence-electron chi connectivity index (χ4n) is 1.92. The van der Waals surface area contributed by atoms with E-state index in [4.69, 9.17) is 4.74 Å². The number of thioether (sulfide) groups is 1. The summed E-state index contributed by atoms with van der Waals surface area (Å²) < 4.78 is 5.16. The molecule has 0 unspecified atom stereocenters. The van der Waals surface area contributed by atoms with Gasteiger partial charge in [-0.3, -0.25) is 4.79 Å². The molecule has 2 aromatic rings. The third kappa shape index (κ3) is 4.97. The van der Waals surface area contributed by atoms with Crippen molar-refractivity contribution in [1.82, 2.24) is 5.32 Å². The molecule has 1 amide bonds. The van der Waals surface area contributed by atoms with Gasteiger partial charge in [0, 0.05) is 17.5 Å². The Bertz CT molecular complexity index is 650. The van der Waals surface area contributed by atoms with Crippen molar-refractivity contribution in [2.24, 2.45) is 0 Å². The molecule has 4 heteroatoms. The second-order valence-electron chi connectivity index (χ2n) is 4.68. The van der Waals surface area contributed by atoms with E-state index in [9.17, 15) is 4.79 Å². The van der Waals surface area contributed by atoms with Crippen molar-refractivity contribution in [3.05, 3.63) is 65.7 Å². The van der Waals surface area contributed by atoms with Crippen LogP contribution >= 0.6 is 11.8 Å². The zero-order chi connectivity index (χ0) is 15.8. The molecular formula is C18H19NO2S. The number of hydrogen-bond donors (Lipinski definition) is 1. The molecule has 114 valence electrons. The highest BCUT2D eigenvalue weighted by Crippen LogP contribution is 2.15. The standard InChI is InChI=1S/C18H19NO2S/c1-21-16-5-3-4-15(12-16)13-19-18(20)11-8-14-6-9-17(22-2)10-7-14/h3-12H,13H2,1-2H3,(H,19,20)/b11-8+. The molecule has 1 N–H and O–H groups in total. The Morgan fingerprint density at radius 1 is 1.23 bits per heavy atom. The average molecular weight is 313 g/mol. The first-order valence-corrected chi connectivity index (χ1v) is 8.16. The van der Waals surface area contributed by atoms with E-state index in [1.807, 2.05) is 60.9 Å². The summed E-state index contributed by atoms with van der Waals surface area (Å²) in [5.41, 5.74) is 2.01. The van der Waals surface area contributed by atoms with E-state index in [0.717, 1.165) is 16.9 Å². The number of hydrogen-bond acceptors (Lipinski definition) is 3. The number of methoxy groups -OCH3 is 1. The number of ether oxygens (including phenoxy) is 1. The van der Waals surface area contributed by atoms with Crippen LogP contribution in [0.5, 0.6) is 5.75 Å². The van der Waals surface area contributed by atoms with E-state index in [0.29, 0.717) is 6.54 Å². The van der Waals surface area contributed by atoms with Crippen LogP contribution in [0.4, 0.5) is 0 Å². The minimum absolute atomic E-state index is 0.114. The lowest BCUT2D eigenvalue weighted by molar-refractivity contribution is -0.116. The van der Waals surface area contributed by atoms with E-state index in [1.165, 1.54) is 4.90 Å². The summed E-state index contributed by atoms with van der Waals surface area (Å²) in [5, 5.41) is 2.86. The average Bonchev–Trinajstić information content (AvgIpc) is 2.58. The minimum Gasteiger partial charge on any atom is -0.497 e. The van der Waals surface area contributed by atoms with Crippen LogP contribution in [0.1, 0.15) is 11.1 Å². The van der Waals surface area contributed by atoms with Gasteiger partial charge in [-0.05, 0) is 47.7 Å². The van der Waals surface area contributed by atoms with Gasteiger partial charge in [0.1, 0.15) is 5.75 Å². The molecule has 0 heterocycles. The van der Waals surface area contributed by atoms with Crippen LogP contribution < -0.4 is 10.1 Å². The van der Waals surface area contributed by atoms with Gasteiger partial charge >= 0.3 is 0 Å². The van der Waals surface area contributed by atoms with Crippen LogP contribution in [0.3, 0.4) is 0 Å². The van der Waals surface area contributed by atoms with Gasteiger partial charge < -0.3 is 10.1 Å².